The number of aliphatic hydroxyl groups excluding tert-OH is 1. The van der Waals surface area contributed by atoms with Crippen molar-refractivity contribution in [2.24, 2.45) is 0 Å². The maximum Gasteiger partial charge on any atom is 0.160 e. The molecule has 1 aromatic carbocycles. The highest BCUT2D eigenvalue weighted by atomic mass is 35.5. The fraction of sp³-hybridized carbons (Fsp3) is 0.200. The van der Waals surface area contributed by atoms with Crippen molar-refractivity contribution in [3.63, 3.8) is 0 Å². The van der Waals surface area contributed by atoms with E-state index < -0.39 is 0 Å². The fourth-order valence-electron chi connectivity index (χ4n) is 2.30. The van der Waals surface area contributed by atoms with E-state index in [9.17, 15) is 5.11 Å². The second-order valence-electron chi connectivity index (χ2n) is 4.56. The third kappa shape index (κ3) is 2.53. The minimum atomic E-state index is 0.0601. The minimum absolute atomic E-state index is 0.0601. The largest absolute Gasteiger partial charge is 0.395 e. The van der Waals surface area contributed by atoms with Crippen molar-refractivity contribution >= 4 is 22.8 Å². The van der Waals surface area contributed by atoms with Gasteiger partial charge >= 0.3 is 0 Å². The van der Waals surface area contributed by atoms with E-state index in [-0.39, 0.29) is 6.61 Å². The predicted molar refractivity (Wildman–Crippen MR) is 78.9 cm³/mol. The molecular weight excluding hydrogens is 274 g/mol. The molecular formula is C15H14ClN3O. The Kier molecular flexibility index (Phi) is 3.67. The molecule has 0 aliphatic carbocycles. The number of halogens is 1. The molecule has 4 nitrogen and oxygen atoms in total. The lowest BCUT2D eigenvalue weighted by molar-refractivity contribution is 0.276. The molecule has 0 fully saturated rings. The number of fused-ring (bicyclic) bond motifs is 1. The van der Waals surface area contributed by atoms with Crippen molar-refractivity contribution in [1.82, 2.24) is 14.5 Å². The summed E-state index contributed by atoms with van der Waals surface area (Å²) in [5, 5.41) is 9.95. The van der Waals surface area contributed by atoms with Gasteiger partial charge in [0.05, 0.1) is 6.61 Å². The van der Waals surface area contributed by atoms with Crippen LogP contribution < -0.4 is 0 Å². The van der Waals surface area contributed by atoms with Crippen molar-refractivity contribution in [2.75, 3.05) is 6.61 Å². The number of pyridine rings is 1. The van der Waals surface area contributed by atoms with E-state index in [1.807, 2.05) is 41.0 Å². The van der Waals surface area contributed by atoms with E-state index in [1.54, 1.807) is 6.20 Å². The Balaban J connectivity index is 2.04. The van der Waals surface area contributed by atoms with Crippen molar-refractivity contribution in [2.45, 2.75) is 13.0 Å². The van der Waals surface area contributed by atoms with Gasteiger partial charge in [0, 0.05) is 24.2 Å². The molecule has 3 rings (SSSR count). The van der Waals surface area contributed by atoms with Crippen LogP contribution in [-0.2, 0) is 13.0 Å². The molecule has 20 heavy (non-hydrogen) atoms. The molecule has 0 unspecified atom stereocenters. The zero-order chi connectivity index (χ0) is 13.9. The minimum Gasteiger partial charge on any atom is -0.395 e. The number of aliphatic hydroxyl groups is 1. The summed E-state index contributed by atoms with van der Waals surface area (Å²) in [7, 11) is 0. The summed E-state index contributed by atoms with van der Waals surface area (Å²) in [5.74, 6) is 0.884. The van der Waals surface area contributed by atoms with Crippen LogP contribution >= 0.6 is 11.6 Å². The van der Waals surface area contributed by atoms with Gasteiger partial charge in [-0.2, -0.15) is 0 Å². The van der Waals surface area contributed by atoms with Gasteiger partial charge in [-0.3, -0.25) is 0 Å². The number of rotatable bonds is 4. The number of benzene rings is 1. The van der Waals surface area contributed by atoms with Gasteiger partial charge in [-0.15, -0.1) is 0 Å². The monoisotopic (exact) mass is 287 g/mol. The van der Waals surface area contributed by atoms with Gasteiger partial charge in [0.25, 0.3) is 0 Å². The highest BCUT2D eigenvalue weighted by Gasteiger charge is 2.11. The quantitative estimate of drug-likeness (QED) is 0.803. The normalized spacial score (nSPS) is 11.1. The highest BCUT2D eigenvalue weighted by Crippen LogP contribution is 2.18. The molecule has 0 spiro atoms. The first-order chi connectivity index (χ1) is 9.78. The van der Waals surface area contributed by atoms with E-state index in [0.717, 1.165) is 22.6 Å². The Bertz CT molecular complexity index is 739. The Morgan fingerprint density at radius 3 is 2.90 bits per heavy atom. The second kappa shape index (κ2) is 5.61. The van der Waals surface area contributed by atoms with Crippen LogP contribution in [0.4, 0.5) is 0 Å². The number of hydrogen-bond donors (Lipinski definition) is 1. The van der Waals surface area contributed by atoms with Crippen molar-refractivity contribution in [1.29, 1.82) is 0 Å². The van der Waals surface area contributed by atoms with E-state index in [0.29, 0.717) is 18.0 Å². The van der Waals surface area contributed by atoms with Crippen LogP contribution in [0.1, 0.15) is 11.4 Å². The first kappa shape index (κ1) is 13.1. The van der Waals surface area contributed by atoms with Gasteiger partial charge < -0.3 is 9.67 Å². The third-order valence-corrected chi connectivity index (χ3v) is 3.39. The van der Waals surface area contributed by atoms with Crippen LogP contribution in [-0.4, -0.2) is 26.2 Å². The lowest BCUT2D eigenvalue weighted by Gasteiger charge is -2.07. The smallest absolute Gasteiger partial charge is 0.160 e. The van der Waals surface area contributed by atoms with Gasteiger partial charge in [-0.05, 0) is 29.8 Å². The average molecular weight is 288 g/mol. The molecule has 0 amide bonds. The van der Waals surface area contributed by atoms with Crippen molar-refractivity contribution in [3.8, 4) is 0 Å². The molecule has 1 N–H and O–H groups in total. The second-order valence-corrected chi connectivity index (χ2v) is 4.99. The standard InChI is InChI=1S/C15H14ClN3O/c16-12-4-1-3-11(9-12)10-14-18-13-5-2-6-17-15(13)19(14)7-8-20/h1-6,9,20H,7-8,10H2. The van der Waals surface area contributed by atoms with Crippen LogP contribution in [0.25, 0.3) is 11.2 Å². The van der Waals surface area contributed by atoms with Gasteiger partial charge in [-0.25, -0.2) is 9.97 Å². The summed E-state index contributed by atoms with van der Waals surface area (Å²) in [5.41, 5.74) is 2.74. The van der Waals surface area contributed by atoms with Crippen LogP contribution in [0.3, 0.4) is 0 Å². The summed E-state index contributed by atoms with van der Waals surface area (Å²) >= 11 is 6.01. The molecule has 5 heteroatoms. The molecule has 102 valence electrons. The van der Waals surface area contributed by atoms with Gasteiger partial charge in [-0.1, -0.05) is 23.7 Å². The van der Waals surface area contributed by atoms with Crippen LogP contribution in [0.2, 0.25) is 5.02 Å². The Labute approximate surface area is 121 Å². The molecule has 2 heterocycles. The summed E-state index contributed by atoms with van der Waals surface area (Å²) < 4.78 is 1.95. The Morgan fingerprint density at radius 2 is 2.10 bits per heavy atom. The Morgan fingerprint density at radius 1 is 1.20 bits per heavy atom. The topological polar surface area (TPSA) is 50.9 Å². The van der Waals surface area contributed by atoms with Gasteiger partial charge in [0.1, 0.15) is 11.3 Å². The van der Waals surface area contributed by atoms with Crippen molar-refractivity contribution < 1.29 is 5.11 Å². The van der Waals surface area contributed by atoms with E-state index >= 15 is 0 Å². The van der Waals surface area contributed by atoms with Gasteiger partial charge in [0.15, 0.2) is 5.65 Å². The third-order valence-electron chi connectivity index (χ3n) is 3.16. The summed E-state index contributed by atoms with van der Waals surface area (Å²) in [4.78, 5) is 8.95. The maximum absolute atomic E-state index is 9.23. The zero-order valence-electron chi connectivity index (χ0n) is 10.8. The van der Waals surface area contributed by atoms with Crippen LogP contribution in [0, 0.1) is 0 Å². The lowest BCUT2D eigenvalue weighted by atomic mass is 10.1. The fourth-order valence-corrected chi connectivity index (χ4v) is 2.52. The van der Waals surface area contributed by atoms with E-state index in [4.69, 9.17) is 11.6 Å². The Hall–Kier alpha value is -1.91. The first-order valence-electron chi connectivity index (χ1n) is 6.43. The van der Waals surface area contributed by atoms with E-state index in [2.05, 4.69) is 9.97 Å². The molecule has 0 atom stereocenters. The number of hydrogen-bond acceptors (Lipinski definition) is 3. The molecule has 0 saturated heterocycles. The maximum atomic E-state index is 9.23. The molecule has 0 aliphatic rings. The molecule has 3 aromatic rings. The van der Waals surface area contributed by atoms with E-state index in [1.165, 1.54) is 0 Å². The molecule has 0 saturated carbocycles. The molecule has 2 aromatic heterocycles. The zero-order valence-corrected chi connectivity index (χ0v) is 11.6. The summed E-state index contributed by atoms with van der Waals surface area (Å²) in [6.45, 7) is 0.550. The first-order valence-corrected chi connectivity index (χ1v) is 6.81. The van der Waals surface area contributed by atoms with Crippen LogP contribution in [0.15, 0.2) is 42.6 Å². The number of imidazole rings is 1. The molecule has 0 bridgehead atoms. The summed E-state index contributed by atoms with van der Waals surface area (Å²) in [6, 6.07) is 11.5. The number of nitrogens with zero attached hydrogens (tertiary/aromatic N) is 3. The molecule has 0 aliphatic heterocycles. The van der Waals surface area contributed by atoms with Crippen LogP contribution in [0.5, 0.6) is 0 Å². The summed E-state index contributed by atoms with van der Waals surface area (Å²) in [6.07, 6.45) is 2.40. The predicted octanol–water partition coefficient (Wildman–Crippen LogP) is 2.67. The SMILES string of the molecule is OCCn1c(Cc2cccc(Cl)c2)nc2cccnc21. The lowest BCUT2D eigenvalue weighted by Crippen LogP contribution is -2.08. The number of aromatic nitrogens is 3. The van der Waals surface area contributed by atoms with Gasteiger partial charge in [0.2, 0.25) is 0 Å². The van der Waals surface area contributed by atoms with Crippen molar-refractivity contribution in [3.05, 3.63) is 59.0 Å². The highest BCUT2D eigenvalue weighted by molar-refractivity contribution is 6.30. The molecule has 0 radical (unpaired) electrons. The average Bonchev–Trinajstić information content (AvgIpc) is 2.77.